The third kappa shape index (κ3) is 6.29. The summed E-state index contributed by atoms with van der Waals surface area (Å²) in [4.78, 5) is 2.49. The molecule has 0 amide bonds. The van der Waals surface area contributed by atoms with Gasteiger partial charge in [-0.3, -0.25) is 4.90 Å². The van der Waals surface area contributed by atoms with Crippen molar-refractivity contribution in [3.05, 3.63) is 0 Å². The lowest BCUT2D eigenvalue weighted by Gasteiger charge is -2.33. The van der Waals surface area contributed by atoms with E-state index in [1.807, 2.05) is 0 Å². The highest BCUT2D eigenvalue weighted by Gasteiger charge is 2.23. The Bertz CT molecular complexity index is 193. The van der Waals surface area contributed by atoms with Crippen LogP contribution in [0.25, 0.3) is 0 Å². The van der Waals surface area contributed by atoms with Gasteiger partial charge in [-0.1, -0.05) is 13.8 Å². The first kappa shape index (κ1) is 16.1. The van der Waals surface area contributed by atoms with Gasteiger partial charge in [0.1, 0.15) is 0 Å². The first-order valence-corrected chi connectivity index (χ1v) is 9.08. The Morgan fingerprint density at radius 3 is 2.17 bits per heavy atom. The van der Waals surface area contributed by atoms with Gasteiger partial charge in [0.2, 0.25) is 0 Å². The summed E-state index contributed by atoms with van der Waals surface area (Å²) in [5.41, 5.74) is 0. The Morgan fingerprint density at radius 1 is 1.11 bits per heavy atom. The minimum Gasteiger partial charge on any atom is -0.396 e. The van der Waals surface area contributed by atoms with Crippen molar-refractivity contribution in [1.29, 1.82) is 0 Å². The van der Waals surface area contributed by atoms with Gasteiger partial charge in [-0.25, -0.2) is 0 Å². The van der Waals surface area contributed by atoms with Gasteiger partial charge in [-0.15, -0.1) is 0 Å². The van der Waals surface area contributed by atoms with E-state index < -0.39 is 9.28 Å². The SMILES string of the molecule is CCCO[SiH](CC(C)N1CCOCC1)OCCC. The number of nitrogens with zero attached hydrogens (tertiary/aromatic N) is 1. The third-order valence-electron chi connectivity index (χ3n) is 3.22. The molecule has 1 aliphatic rings. The molecule has 5 heteroatoms. The fourth-order valence-corrected chi connectivity index (χ4v) is 4.35. The van der Waals surface area contributed by atoms with Crippen LogP contribution in [0, 0.1) is 0 Å². The summed E-state index contributed by atoms with van der Waals surface area (Å²) in [6.45, 7) is 12.1. The Morgan fingerprint density at radius 2 is 1.67 bits per heavy atom. The minimum atomic E-state index is -1.48. The molecule has 0 aromatic heterocycles. The van der Waals surface area contributed by atoms with E-state index in [1.54, 1.807) is 0 Å². The molecule has 1 saturated heterocycles. The lowest BCUT2D eigenvalue weighted by atomic mass is 10.3. The molecule has 1 aliphatic heterocycles. The van der Waals surface area contributed by atoms with Gasteiger partial charge in [0.25, 0.3) is 0 Å². The van der Waals surface area contributed by atoms with Crippen molar-refractivity contribution in [1.82, 2.24) is 4.90 Å². The summed E-state index contributed by atoms with van der Waals surface area (Å²) in [7, 11) is -1.48. The molecule has 4 nitrogen and oxygen atoms in total. The van der Waals surface area contributed by atoms with E-state index in [2.05, 4.69) is 25.7 Å². The Labute approximate surface area is 113 Å². The van der Waals surface area contributed by atoms with Gasteiger partial charge in [-0.05, 0) is 19.8 Å². The molecule has 1 rings (SSSR count). The zero-order chi connectivity index (χ0) is 13.2. The zero-order valence-corrected chi connectivity index (χ0v) is 13.3. The standard InChI is InChI=1S/C13H29NO3Si/c1-4-8-16-18(17-9-5-2)12-13(3)14-6-10-15-11-7-14/h13,18H,4-12H2,1-3H3. The summed E-state index contributed by atoms with van der Waals surface area (Å²) >= 11 is 0. The maximum absolute atomic E-state index is 5.91. The quantitative estimate of drug-likeness (QED) is 0.600. The normalized spacial score (nSPS) is 19.3. The van der Waals surface area contributed by atoms with E-state index in [0.717, 1.165) is 58.4 Å². The molecule has 1 atom stereocenters. The molecule has 0 aromatic carbocycles. The topological polar surface area (TPSA) is 30.9 Å². The highest BCUT2D eigenvalue weighted by atomic mass is 28.3. The molecule has 18 heavy (non-hydrogen) atoms. The third-order valence-corrected chi connectivity index (χ3v) is 5.50. The van der Waals surface area contributed by atoms with Gasteiger partial charge in [0, 0.05) is 38.4 Å². The molecule has 1 fully saturated rings. The van der Waals surface area contributed by atoms with Crippen LogP contribution in [0.5, 0.6) is 0 Å². The molecule has 1 unspecified atom stereocenters. The lowest BCUT2D eigenvalue weighted by Crippen LogP contribution is -2.44. The smallest absolute Gasteiger partial charge is 0.322 e. The minimum absolute atomic E-state index is 0.555. The molecular formula is C13H29NO3Si. The number of hydrogen-bond donors (Lipinski definition) is 0. The number of hydrogen-bond acceptors (Lipinski definition) is 4. The fraction of sp³-hybridized carbons (Fsp3) is 1.00. The molecule has 0 bridgehead atoms. The maximum Gasteiger partial charge on any atom is 0.322 e. The summed E-state index contributed by atoms with van der Waals surface area (Å²) in [6, 6.07) is 1.64. The van der Waals surface area contributed by atoms with E-state index >= 15 is 0 Å². The van der Waals surface area contributed by atoms with Crippen LogP contribution in [0.15, 0.2) is 0 Å². The van der Waals surface area contributed by atoms with Gasteiger partial charge >= 0.3 is 9.28 Å². The summed E-state index contributed by atoms with van der Waals surface area (Å²) in [5.74, 6) is 0. The van der Waals surface area contributed by atoms with Gasteiger partial charge in [0.05, 0.1) is 13.2 Å². The summed E-state index contributed by atoms with van der Waals surface area (Å²) in [5, 5.41) is 0. The zero-order valence-electron chi connectivity index (χ0n) is 12.2. The molecule has 0 N–H and O–H groups in total. The monoisotopic (exact) mass is 275 g/mol. The first-order chi connectivity index (χ1) is 8.77. The van der Waals surface area contributed by atoms with Crippen LogP contribution in [-0.4, -0.2) is 59.7 Å². The average molecular weight is 275 g/mol. The fourth-order valence-electron chi connectivity index (χ4n) is 2.13. The molecule has 108 valence electrons. The molecular weight excluding hydrogens is 246 g/mol. The van der Waals surface area contributed by atoms with Crippen LogP contribution in [0.1, 0.15) is 33.6 Å². The van der Waals surface area contributed by atoms with Crippen molar-refractivity contribution in [2.45, 2.75) is 45.7 Å². The Hall–Kier alpha value is 0.0569. The van der Waals surface area contributed by atoms with Crippen LogP contribution in [0.2, 0.25) is 6.04 Å². The van der Waals surface area contributed by atoms with E-state index in [-0.39, 0.29) is 0 Å². The Balaban J connectivity index is 2.31. The van der Waals surface area contributed by atoms with Crippen LogP contribution < -0.4 is 0 Å². The van der Waals surface area contributed by atoms with Gasteiger partial charge < -0.3 is 13.6 Å². The van der Waals surface area contributed by atoms with Crippen LogP contribution in [-0.2, 0) is 13.6 Å². The van der Waals surface area contributed by atoms with E-state index in [9.17, 15) is 0 Å². The van der Waals surface area contributed by atoms with E-state index in [0.29, 0.717) is 6.04 Å². The van der Waals surface area contributed by atoms with Crippen molar-refractivity contribution in [3.63, 3.8) is 0 Å². The first-order valence-electron chi connectivity index (χ1n) is 7.32. The second-order valence-corrected chi connectivity index (χ2v) is 6.90. The van der Waals surface area contributed by atoms with Gasteiger partial charge in [-0.2, -0.15) is 0 Å². The predicted octanol–water partition coefficient (Wildman–Crippen LogP) is 1.78. The van der Waals surface area contributed by atoms with Crippen LogP contribution in [0.3, 0.4) is 0 Å². The van der Waals surface area contributed by atoms with Gasteiger partial charge in [0.15, 0.2) is 0 Å². The van der Waals surface area contributed by atoms with Crippen LogP contribution >= 0.6 is 0 Å². The molecule has 1 heterocycles. The van der Waals surface area contributed by atoms with Crippen molar-refractivity contribution in [3.8, 4) is 0 Å². The second kappa shape index (κ2) is 9.92. The second-order valence-electron chi connectivity index (χ2n) is 4.90. The molecule has 0 spiro atoms. The summed E-state index contributed by atoms with van der Waals surface area (Å²) in [6.07, 6.45) is 2.15. The van der Waals surface area contributed by atoms with Crippen molar-refractivity contribution in [2.24, 2.45) is 0 Å². The Kier molecular flexibility index (Phi) is 8.88. The van der Waals surface area contributed by atoms with Crippen molar-refractivity contribution in [2.75, 3.05) is 39.5 Å². The maximum atomic E-state index is 5.91. The average Bonchev–Trinajstić information content (AvgIpc) is 2.42. The highest BCUT2D eigenvalue weighted by molar-refractivity contribution is 6.44. The number of morpholine rings is 1. The molecule has 0 aliphatic carbocycles. The van der Waals surface area contributed by atoms with Crippen molar-refractivity contribution >= 4 is 9.28 Å². The number of rotatable bonds is 9. The highest BCUT2D eigenvalue weighted by Crippen LogP contribution is 2.12. The van der Waals surface area contributed by atoms with Crippen LogP contribution in [0.4, 0.5) is 0 Å². The lowest BCUT2D eigenvalue weighted by molar-refractivity contribution is 0.0218. The largest absolute Gasteiger partial charge is 0.396 e. The number of ether oxygens (including phenoxy) is 1. The van der Waals surface area contributed by atoms with Crippen molar-refractivity contribution < 1.29 is 13.6 Å². The van der Waals surface area contributed by atoms with E-state index in [4.69, 9.17) is 13.6 Å². The van der Waals surface area contributed by atoms with E-state index in [1.165, 1.54) is 0 Å². The molecule has 0 saturated carbocycles. The summed E-state index contributed by atoms with van der Waals surface area (Å²) < 4.78 is 17.2. The molecule has 0 aromatic rings. The predicted molar refractivity (Wildman–Crippen MR) is 76.3 cm³/mol. The molecule has 0 radical (unpaired) electrons.